The molecule has 1 unspecified atom stereocenters. The summed E-state index contributed by atoms with van der Waals surface area (Å²) in [6, 6.07) is 5.56. The van der Waals surface area contributed by atoms with Crippen molar-refractivity contribution < 1.29 is 13.9 Å². The van der Waals surface area contributed by atoms with Crippen molar-refractivity contribution in [1.29, 1.82) is 5.26 Å². The van der Waals surface area contributed by atoms with E-state index in [9.17, 15) is 9.18 Å². The van der Waals surface area contributed by atoms with Crippen LogP contribution in [0.1, 0.15) is 12.5 Å². The number of hydrogen-bond acceptors (Lipinski definition) is 3. The number of nitriles is 1. The Kier molecular flexibility index (Phi) is 3.97. The van der Waals surface area contributed by atoms with Crippen molar-refractivity contribution in [1.82, 2.24) is 0 Å². The highest BCUT2D eigenvalue weighted by Gasteiger charge is 2.12. The number of halogens is 1. The number of methoxy groups -OCH3 is 1. The van der Waals surface area contributed by atoms with Gasteiger partial charge in [-0.15, -0.1) is 0 Å². The zero-order valence-electron chi connectivity index (χ0n) is 8.95. The van der Waals surface area contributed by atoms with E-state index in [1.807, 2.05) is 0 Å². The molecule has 0 bridgehead atoms. The van der Waals surface area contributed by atoms with Gasteiger partial charge in [0.25, 0.3) is 5.91 Å². The van der Waals surface area contributed by atoms with Gasteiger partial charge in [-0.2, -0.15) is 5.26 Å². The number of nitrogens with zero attached hydrogens (tertiary/aromatic N) is 1. The third-order valence-corrected chi connectivity index (χ3v) is 2.08. The molecule has 1 aromatic carbocycles. The molecule has 5 heteroatoms. The Morgan fingerprint density at radius 3 is 2.81 bits per heavy atom. The van der Waals surface area contributed by atoms with Crippen molar-refractivity contribution in [3.8, 4) is 6.07 Å². The lowest BCUT2D eigenvalue weighted by Crippen LogP contribution is -2.26. The van der Waals surface area contributed by atoms with Crippen molar-refractivity contribution in [3.05, 3.63) is 29.6 Å². The highest BCUT2D eigenvalue weighted by Crippen LogP contribution is 2.14. The van der Waals surface area contributed by atoms with Gasteiger partial charge in [-0.05, 0) is 25.1 Å². The Hall–Kier alpha value is -1.93. The number of nitrogens with one attached hydrogen (secondary N) is 1. The largest absolute Gasteiger partial charge is 0.372 e. The predicted octanol–water partition coefficient (Wildman–Crippen LogP) is 1.67. The lowest BCUT2D eigenvalue weighted by Gasteiger charge is -2.10. The second-order valence-corrected chi connectivity index (χ2v) is 3.17. The Balaban J connectivity index is 2.80. The zero-order valence-corrected chi connectivity index (χ0v) is 8.95. The second-order valence-electron chi connectivity index (χ2n) is 3.17. The van der Waals surface area contributed by atoms with Crippen molar-refractivity contribution >= 4 is 11.6 Å². The Morgan fingerprint density at radius 2 is 2.31 bits per heavy atom. The highest BCUT2D eigenvalue weighted by molar-refractivity contribution is 5.93. The first-order chi connectivity index (χ1) is 7.58. The number of ether oxygens (including phenoxy) is 1. The maximum Gasteiger partial charge on any atom is 0.253 e. The Morgan fingerprint density at radius 1 is 1.62 bits per heavy atom. The maximum absolute atomic E-state index is 13.2. The molecule has 0 saturated heterocycles. The summed E-state index contributed by atoms with van der Waals surface area (Å²) in [7, 11) is 1.41. The van der Waals surface area contributed by atoms with Crippen LogP contribution < -0.4 is 5.32 Å². The van der Waals surface area contributed by atoms with E-state index >= 15 is 0 Å². The van der Waals surface area contributed by atoms with E-state index in [4.69, 9.17) is 10.00 Å². The first-order valence-electron chi connectivity index (χ1n) is 4.61. The van der Waals surface area contributed by atoms with Gasteiger partial charge in [0.1, 0.15) is 18.0 Å². The average Bonchev–Trinajstić information content (AvgIpc) is 2.28. The van der Waals surface area contributed by atoms with Crippen LogP contribution in [-0.2, 0) is 9.53 Å². The third-order valence-electron chi connectivity index (χ3n) is 2.08. The SMILES string of the molecule is COC(C)C(=O)Nc1ccc(C#N)c(F)c1. The monoisotopic (exact) mass is 222 g/mol. The zero-order chi connectivity index (χ0) is 12.1. The molecule has 1 N–H and O–H groups in total. The van der Waals surface area contributed by atoms with Gasteiger partial charge in [0, 0.05) is 12.8 Å². The highest BCUT2D eigenvalue weighted by atomic mass is 19.1. The van der Waals surface area contributed by atoms with Crippen LogP contribution in [0.3, 0.4) is 0 Å². The van der Waals surface area contributed by atoms with Crippen LogP contribution in [0.2, 0.25) is 0 Å². The van der Waals surface area contributed by atoms with E-state index in [0.717, 1.165) is 6.07 Å². The summed E-state index contributed by atoms with van der Waals surface area (Å²) >= 11 is 0. The molecular weight excluding hydrogens is 211 g/mol. The van der Waals surface area contributed by atoms with Crippen molar-refractivity contribution in [2.24, 2.45) is 0 Å². The number of hydrogen-bond donors (Lipinski definition) is 1. The van der Waals surface area contributed by atoms with Gasteiger partial charge in [0.2, 0.25) is 0 Å². The molecule has 0 fully saturated rings. The number of anilines is 1. The fraction of sp³-hybridized carbons (Fsp3) is 0.273. The number of carbonyl (C=O) groups excluding carboxylic acids is 1. The van der Waals surface area contributed by atoms with Gasteiger partial charge in [0.05, 0.1) is 5.56 Å². The van der Waals surface area contributed by atoms with Gasteiger partial charge < -0.3 is 10.1 Å². The minimum atomic E-state index is -0.662. The molecule has 0 aliphatic heterocycles. The summed E-state index contributed by atoms with van der Waals surface area (Å²) in [4.78, 5) is 11.4. The van der Waals surface area contributed by atoms with Crippen molar-refractivity contribution in [2.45, 2.75) is 13.0 Å². The molecule has 0 aliphatic rings. The predicted molar refractivity (Wildman–Crippen MR) is 56.2 cm³/mol. The molecule has 1 aromatic rings. The lowest BCUT2D eigenvalue weighted by atomic mass is 10.2. The number of amides is 1. The minimum Gasteiger partial charge on any atom is -0.372 e. The topological polar surface area (TPSA) is 62.1 Å². The molecular formula is C11H11FN2O2. The molecule has 16 heavy (non-hydrogen) atoms. The van der Waals surface area contributed by atoms with Crippen LogP contribution in [0.15, 0.2) is 18.2 Å². The van der Waals surface area contributed by atoms with Gasteiger partial charge in [-0.1, -0.05) is 0 Å². The number of rotatable bonds is 3. The molecule has 0 heterocycles. The van der Waals surface area contributed by atoms with Crippen LogP contribution in [0, 0.1) is 17.1 Å². The molecule has 0 saturated carbocycles. The quantitative estimate of drug-likeness (QED) is 0.846. The summed E-state index contributed by atoms with van der Waals surface area (Å²) in [5.41, 5.74) is 0.239. The van der Waals surface area contributed by atoms with E-state index in [0.29, 0.717) is 5.69 Å². The average molecular weight is 222 g/mol. The molecule has 84 valence electrons. The molecule has 1 rings (SSSR count). The summed E-state index contributed by atoms with van der Waals surface area (Å²) < 4.78 is 18.0. The van der Waals surface area contributed by atoms with E-state index < -0.39 is 11.9 Å². The number of carbonyl (C=O) groups is 1. The fourth-order valence-corrected chi connectivity index (χ4v) is 1.03. The smallest absolute Gasteiger partial charge is 0.253 e. The van der Waals surface area contributed by atoms with Crippen LogP contribution in [0.4, 0.5) is 10.1 Å². The maximum atomic E-state index is 13.2. The summed E-state index contributed by atoms with van der Waals surface area (Å²) in [6.45, 7) is 1.58. The Labute approximate surface area is 92.6 Å². The normalized spacial score (nSPS) is 11.6. The second kappa shape index (κ2) is 5.24. The van der Waals surface area contributed by atoms with Crippen LogP contribution in [-0.4, -0.2) is 19.1 Å². The van der Waals surface area contributed by atoms with E-state index in [1.165, 1.54) is 19.2 Å². The van der Waals surface area contributed by atoms with Gasteiger partial charge in [-0.25, -0.2) is 4.39 Å². The van der Waals surface area contributed by atoms with E-state index in [-0.39, 0.29) is 11.5 Å². The standard InChI is InChI=1S/C11H11FN2O2/c1-7(16-2)11(15)14-9-4-3-8(6-13)10(12)5-9/h3-5,7H,1-2H3,(H,14,15). The Bertz CT molecular complexity index is 440. The molecule has 0 radical (unpaired) electrons. The molecule has 0 aromatic heterocycles. The van der Waals surface area contributed by atoms with Gasteiger partial charge >= 0.3 is 0 Å². The summed E-state index contributed by atoms with van der Waals surface area (Å²) in [6.07, 6.45) is -0.612. The van der Waals surface area contributed by atoms with E-state index in [1.54, 1.807) is 13.0 Å². The number of benzene rings is 1. The minimum absolute atomic E-state index is 0.0576. The molecule has 0 aliphatic carbocycles. The third kappa shape index (κ3) is 2.78. The van der Waals surface area contributed by atoms with Crippen LogP contribution in [0.5, 0.6) is 0 Å². The first-order valence-corrected chi connectivity index (χ1v) is 4.61. The van der Waals surface area contributed by atoms with Crippen LogP contribution in [0.25, 0.3) is 0 Å². The first kappa shape index (κ1) is 12.1. The molecule has 1 atom stereocenters. The summed E-state index contributed by atoms with van der Waals surface area (Å²) in [5, 5.41) is 11.0. The van der Waals surface area contributed by atoms with E-state index in [2.05, 4.69) is 5.32 Å². The van der Waals surface area contributed by atoms with Gasteiger partial charge in [-0.3, -0.25) is 4.79 Å². The summed E-state index contributed by atoms with van der Waals surface area (Å²) in [5.74, 6) is -1.03. The van der Waals surface area contributed by atoms with Crippen molar-refractivity contribution in [2.75, 3.05) is 12.4 Å². The van der Waals surface area contributed by atoms with Gasteiger partial charge in [0.15, 0.2) is 0 Å². The lowest BCUT2D eigenvalue weighted by molar-refractivity contribution is -0.124. The van der Waals surface area contributed by atoms with Crippen LogP contribution >= 0.6 is 0 Å². The molecule has 1 amide bonds. The van der Waals surface area contributed by atoms with Crippen molar-refractivity contribution in [3.63, 3.8) is 0 Å². The molecule has 4 nitrogen and oxygen atoms in total. The fourth-order valence-electron chi connectivity index (χ4n) is 1.03. The molecule has 0 spiro atoms.